The number of nitrogens with zero attached hydrogens (tertiary/aromatic N) is 1. The molecule has 1 fully saturated rings. The molecule has 2 aliphatic carbocycles. The van der Waals surface area contributed by atoms with Crippen molar-refractivity contribution in [2.75, 3.05) is 0 Å². The Balaban J connectivity index is 1.60. The largest absolute Gasteiger partial charge is 0.416 e. The van der Waals surface area contributed by atoms with Crippen LogP contribution in [0.4, 0.5) is 13.2 Å². The maximum absolute atomic E-state index is 13.0. The molecule has 0 amide bonds. The van der Waals surface area contributed by atoms with Crippen molar-refractivity contribution in [1.82, 2.24) is 4.98 Å². The van der Waals surface area contributed by atoms with Crippen LogP contribution < -0.4 is 0 Å². The third-order valence-electron chi connectivity index (χ3n) is 8.84. The highest BCUT2D eigenvalue weighted by atomic mass is 127. The SMILES string of the molecule is CC(C)c1cc(I)c2c(n1)CC1(CC(C(O)c3ccc(C(F)(F)F)cc3)C1)C[C@H]2O[Si](C)(C)C(C)(C)C. The minimum absolute atomic E-state index is 0.0106. The number of benzene rings is 1. The zero-order valence-corrected chi connectivity index (χ0v) is 26.0. The summed E-state index contributed by atoms with van der Waals surface area (Å²) in [4.78, 5) is 5.12. The molecule has 204 valence electrons. The predicted octanol–water partition coefficient (Wildman–Crippen LogP) is 8.97. The number of hydrogen-bond donors (Lipinski definition) is 1. The normalized spacial score (nSPS) is 25.2. The molecule has 0 radical (unpaired) electrons. The Hall–Kier alpha value is -0.973. The average Bonchev–Trinajstić information content (AvgIpc) is 2.74. The number of pyridine rings is 1. The Bertz CT molecular complexity index is 1140. The zero-order valence-electron chi connectivity index (χ0n) is 22.8. The Morgan fingerprint density at radius 1 is 1.08 bits per heavy atom. The van der Waals surface area contributed by atoms with E-state index in [0.717, 1.165) is 49.2 Å². The first-order valence-electron chi connectivity index (χ1n) is 13.1. The van der Waals surface area contributed by atoms with Gasteiger partial charge in [-0.1, -0.05) is 46.8 Å². The molecule has 4 rings (SSSR count). The Labute approximate surface area is 233 Å². The maximum atomic E-state index is 13.0. The summed E-state index contributed by atoms with van der Waals surface area (Å²) >= 11 is 2.44. The molecular weight excluding hydrogens is 606 g/mol. The van der Waals surface area contributed by atoms with Crippen molar-refractivity contribution >= 4 is 30.9 Å². The molecule has 1 aromatic carbocycles. The fourth-order valence-corrected chi connectivity index (χ4v) is 7.89. The number of fused-ring (bicyclic) bond motifs is 1. The van der Waals surface area contributed by atoms with Crippen LogP contribution in [0.15, 0.2) is 30.3 Å². The summed E-state index contributed by atoms with van der Waals surface area (Å²) in [5.41, 5.74) is 3.29. The molecule has 1 spiro atoms. The summed E-state index contributed by atoms with van der Waals surface area (Å²) in [7, 11) is -2.06. The van der Waals surface area contributed by atoms with Gasteiger partial charge in [-0.3, -0.25) is 4.98 Å². The third kappa shape index (κ3) is 5.82. The van der Waals surface area contributed by atoms with Gasteiger partial charge in [0.25, 0.3) is 0 Å². The second-order valence-corrected chi connectivity index (χ2v) is 18.9. The highest BCUT2D eigenvalue weighted by molar-refractivity contribution is 14.1. The van der Waals surface area contributed by atoms with Gasteiger partial charge in [-0.05, 0) is 107 Å². The van der Waals surface area contributed by atoms with Crippen LogP contribution in [0.1, 0.15) is 100 Å². The van der Waals surface area contributed by atoms with Gasteiger partial charge in [0.15, 0.2) is 8.32 Å². The van der Waals surface area contributed by atoms with E-state index in [1.54, 1.807) is 0 Å². The van der Waals surface area contributed by atoms with E-state index in [9.17, 15) is 18.3 Å². The fourth-order valence-electron chi connectivity index (χ4n) is 5.65. The lowest BCUT2D eigenvalue weighted by Crippen LogP contribution is -2.49. The lowest BCUT2D eigenvalue weighted by molar-refractivity contribution is -0.137. The van der Waals surface area contributed by atoms with Gasteiger partial charge >= 0.3 is 6.18 Å². The van der Waals surface area contributed by atoms with Crippen LogP contribution in [0.5, 0.6) is 0 Å². The van der Waals surface area contributed by atoms with Crippen LogP contribution in [-0.2, 0) is 17.0 Å². The molecule has 2 aromatic rings. The molecule has 1 saturated carbocycles. The van der Waals surface area contributed by atoms with Crippen molar-refractivity contribution in [3.05, 3.63) is 62.0 Å². The standard InChI is InChI=1S/C29H39F3INO2Si/c1-17(2)22-12-21(33)25-23(34-22)15-28(16-24(25)36-37(6,7)27(3,4)5)13-19(14-28)26(35)18-8-10-20(11-9-18)29(30,31)32/h8-12,17,19,24,26,35H,13-16H2,1-7H3/t19?,24-,26?,28?/m1/s1. The molecule has 1 heterocycles. The van der Waals surface area contributed by atoms with E-state index >= 15 is 0 Å². The van der Waals surface area contributed by atoms with E-state index in [4.69, 9.17) is 9.41 Å². The zero-order chi connectivity index (χ0) is 27.6. The van der Waals surface area contributed by atoms with Gasteiger partial charge in [0.05, 0.1) is 17.8 Å². The lowest BCUT2D eigenvalue weighted by atomic mass is 9.53. The summed E-state index contributed by atoms with van der Waals surface area (Å²) in [6, 6.07) is 7.15. The highest BCUT2D eigenvalue weighted by Gasteiger charge is 2.53. The Morgan fingerprint density at radius 2 is 1.68 bits per heavy atom. The average molecular weight is 646 g/mol. The van der Waals surface area contributed by atoms with Crippen molar-refractivity contribution in [2.45, 2.75) is 103 Å². The maximum Gasteiger partial charge on any atom is 0.416 e. The first kappa shape index (κ1) is 29.0. The van der Waals surface area contributed by atoms with Crippen LogP contribution in [0.25, 0.3) is 0 Å². The van der Waals surface area contributed by atoms with E-state index in [0.29, 0.717) is 11.5 Å². The number of alkyl halides is 3. The van der Waals surface area contributed by atoms with Crippen molar-refractivity contribution in [1.29, 1.82) is 0 Å². The minimum atomic E-state index is -4.38. The molecular formula is C29H39F3INO2Si. The van der Waals surface area contributed by atoms with Gasteiger partial charge in [0.2, 0.25) is 0 Å². The van der Waals surface area contributed by atoms with Gasteiger partial charge in [-0.2, -0.15) is 13.2 Å². The smallest absolute Gasteiger partial charge is 0.410 e. The number of aliphatic hydroxyl groups excluding tert-OH is 1. The lowest BCUT2D eigenvalue weighted by Gasteiger charge is -2.54. The summed E-state index contributed by atoms with van der Waals surface area (Å²) < 4.78 is 47.2. The van der Waals surface area contributed by atoms with Gasteiger partial charge in [-0.25, -0.2) is 0 Å². The van der Waals surface area contributed by atoms with Crippen LogP contribution in [0, 0.1) is 14.9 Å². The molecule has 3 nitrogen and oxygen atoms in total. The molecule has 0 aliphatic heterocycles. The van der Waals surface area contributed by atoms with E-state index < -0.39 is 26.2 Å². The van der Waals surface area contributed by atoms with Gasteiger partial charge in [0, 0.05) is 20.5 Å². The van der Waals surface area contributed by atoms with Crippen LogP contribution >= 0.6 is 22.6 Å². The predicted molar refractivity (Wildman–Crippen MR) is 152 cm³/mol. The molecule has 1 aromatic heterocycles. The van der Waals surface area contributed by atoms with E-state index in [1.807, 2.05) is 0 Å². The highest BCUT2D eigenvalue weighted by Crippen LogP contribution is 2.60. The summed E-state index contributed by atoms with van der Waals surface area (Å²) in [5.74, 6) is 0.339. The number of aromatic nitrogens is 1. The topological polar surface area (TPSA) is 42.4 Å². The first-order chi connectivity index (χ1) is 16.9. The second kappa shape index (κ2) is 9.89. The number of rotatable bonds is 5. The quantitative estimate of drug-likeness (QED) is 0.261. The number of halogens is 4. The molecule has 1 unspecified atom stereocenters. The van der Waals surface area contributed by atoms with Crippen molar-refractivity contribution in [3.8, 4) is 0 Å². The molecule has 1 N–H and O–H groups in total. The summed E-state index contributed by atoms with van der Waals surface area (Å²) in [6.07, 6.45) is -1.81. The summed E-state index contributed by atoms with van der Waals surface area (Å²) in [6.45, 7) is 15.7. The number of aliphatic hydroxyl groups is 1. The van der Waals surface area contributed by atoms with Gasteiger partial charge in [0.1, 0.15) is 0 Å². The van der Waals surface area contributed by atoms with Crippen LogP contribution in [0.3, 0.4) is 0 Å². The monoisotopic (exact) mass is 645 g/mol. The van der Waals surface area contributed by atoms with E-state index in [-0.39, 0.29) is 22.5 Å². The van der Waals surface area contributed by atoms with E-state index in [2.05, 4.69) is 76.4 Å². The Kier molecular flexibility index (Phi) is 7.76. The van der Waals surface area contributed by atoms with Crippen molar-refractivity contribution in [2.24, 2.45) is 11.3 Å². The molecule has 37 heavy (non-hydrogen) atoms. The Morgan fingerprint density at radius 3 is 2.19 bits per heavy atom. The molecule has 2 aliphatic rings. The second-order valence-electron chi connectivity index (χ2n) is 13.0. The van der Waals surface area contributed by atoms with Gasteiger partial charge < -0.3 is 9.53 Å². The molecule has 2 atom stereocenters. The summed E-state index contributed by atoms with van der Waals surface area (Å²) in [5, 5.41) is 11.1. The minimum Gasteiger partial charge on any atom is -0.410 e. The van der Waals surface area contributed by atoms with Gasteiger partial charge in [-0.15, -0.1) is 0 Å². The fraction of sp³-hybridized carbons (Fsp3) is 0.621. The molecule has 0 saturated heterocycles. The molecule has 0 bridgehead atoms. The first-order valence-corrected chi connectivity index (χ1v) is 17.1. The number of hydrogen-bond acceptors (Lipinski definition) is 3. The van der Waals surface area contributed by atoms with E-state index in [1.165, 1.54) is 21.3 Å². The molecule has 8 heteroatoms. The van der Waals surface area contributed by atoms with Crippen LogP contribution in [-0.4, -0.2) is 18.4 Å². The van der Waals surface area contributed by atoms with Crippen molar-refractivity contribution < 1.29 is 22.7 Å². The third-order valence-corrected chi connectivity index (χ3v) is 14.2. The van der Waals surface area contributed by atoms with Crippen molar-refractivity contribution in [3.63, 3.8) is 0 Å². The van der Waals surface area contributed by atoms with Crippen LogP contribution in [0.2, 0.25) is 18.1 Å².